The molecule has 4 heterocycles. The lowest BCUT2D eigenvalue weighted by Crippen LogP contribution is -2.63. The number of rotatable bonds is 2. The highest BCUT2D eigenvalue weighted by atomic mass is 16.9. The van der Waals surface area contributed by atoms with Gasteiger partial charge in [-0.25, -0.2) is 0 Å². The molecule has 0 N–H and O–H groups in total. The third-order valence-electron chi connectivity index (χ3n) is 5.62. The number of amides is 1. The van der Waals surface area contributed by atoms with Crippen molar-refractivity contribution in [2.45, 2.75) is 76.5 Å². The molecule has 1 amide bonds. The lowest BCUT2D eigenvalue weighted by Gasteiger charge is -2.39. The van der Waals surface area contributed by atoms with Crippen LogP contribution in [0.1, 0.15) is 40.2 Å². The van der Waals surface area contributed by atoms with Crippen molar-refractivity contribution in [1.29, 1.82) is 0 Å². The van der Waals surface area contributed by atoms with Gasteiger partial charge in [0, 0.05) is 12.5 Å². The Morgan fingerprint density at radius 2 is 1.77 bits per heavy atom. The quantitative estimate of drug-likeness (QED) is 0.725. The Kier molecular flexibility index (Phi) is 4.30. The maximum absolute atomic E-state index is 12.7. The molecule has 5 atom stereocenters. The molecular formula is C21H26N2O7. The van der Waals surface area contributed by atoms with E-state index in [2.05, 4.69) is 5.10 Å². The van der Waals surface area contributed by atoms with E-state index >= 15 is 0 Å². The van der Waals surface area contributed by atoms with Crippen molar-refractivity contribution in [2.24, 2.45) is 5.10 Å². The molecule has 162 valence electrons. The molecule has 5 rings (SSSR count). The minimum atomic E-state index is -1.39. The van der Waals surface area contributed by atoms with Gasteiger partial charge in [-0.2, -0.15) is 5.01 Å². The smallest absolute Gasteiger partial charge is 0.266 e. The molecule has 0 radical (unpaired) electrons. The van der Waals surface area contributed by atoms with Crippen LogP contribution in [-0.2, 0) is 33.2 Å². The molecule has 1 spiro atoms. The highest BCUT2D eigenvalue weighted by Crippen LogP contribution is 2.51. The van der Waals surface area contributed by atoms with E-state index in [9.17, 15) is 4.79 Å². The van der Waals surface area contributed by atoms with Crippen LogP contribution in [0.15, 0.2) is 35.4 Å². The lowest BCUT2D eigenvalue weighted by molar-refractivity contribution is -0.262. The van der Waals surface area contributed by atoms with Crippen LogP contribution >= 0.6 is 0 Å². The van der Waals surface area contributed by atoms with E-state index in [1.54, 1.807) is 13.8 Å². The molecule has 9 heteroatoms. The Hall–Kier alpha value is -2.04. The van der Waals surface area contributed by atoms with Gasteiger partial charge in [-0.15, -0.1) is 5.10 Å². The number of hydrazone groups is 1. The van der Waals surface area contributed by atoms with Gasteiger partial charge in [0.15, 0.2) is 30.1 Å². The summed E-state index contributed by atoms with van der Waals surface area (Å²) in [7, 11) is 0. The minimum Gasteiger partial charge on any atom is -0.441 e. The Labute approximate surface area is 174 Å². The van der Waals surface area contributed by atoms with Crippen LogP contribution < -0.4 is 0 Å². The van der Waals surface area contributed by atoms with Gasteiger partial charge in [0.25, 0.3) is 5.72 Å². The summed E-state index contributed by atoms with van der Waals surface area (Å²) >= 11 is 0. The third-order valence-corrected chi connectivity index (χ3v) is 5.62. The fraction of sp³-hybridized carbons (Fsp3) is 0.619. The summed E-state index contributed by atoms with van der Waals surface area (Å²) in [6.45, 7) is 8.96. The van der Waals surface area contributed by atoms with E-state index in [4.69, 9.17) is 28.4 Å². The monoisotopic (exact) mass is 418 g/mol. The maximum atomic E-state index is 12.7. The maximum Gasteiger partial charge on any atom is 0.266 e. The van der Waals surface area contributed by atoms with E-state index in [-0.39, 0.29) is 12.5 Å². The summed E-state index contributed by atoms with van der Waals surface area (Å²) in [5.41, 5.74) is -0.644. The number of carbonyl (C=O) groups is 1. The number of benzene rings is 1. The minimum absolute atomic E-state index is 0.276. The first kappa shape index (κ1) is 19.9. The van der Waals surface area contributed by atoms with Crippen LogP contribution in [0, 0.1) is 0 Å². The summed E-state index contributed by atoms with van der Waals surface area (Å²) in [4.78, 5) is 12.7. The number of fused-ring (bicyclic) bond motifs is 2. The molecule has 4 aliphatic heterocycles. The van der Waals surface area contributed by atoms with Gasteiger partial charge in [0.1, 0.15) is 6.10 Å². The molecule has 0 aliphatic carbocycles. The zero-order valence-electron chi connectivity index (χ0n) is 17.7. The van der Waals surface area contributed by atoms with Crippen molar-refractivity contribution < 1.29 is 33.2 Å². The number of nitrogens with zero attached hydrogens (tertiary/aromatic N) is 2. The topological polar surface area (TPSA) is 88.1 Å². The standard InChI is InChI=1S/C21H26N2O7/c1-12(24)23-21(29-17(22-23)13-9-7-6-8-10-13)15(14-11-25-19(2,3)27-14)26-18-16(21)28-20(4,5)30-18/h6-10,14-16,18H,11H2,1-5H3/t14-,15-,16+,18-,21-/m1/s1. The second-order valence-corrected chi connectivity index (χ2v) is 8.80. The number of hydrogen-bond donors (Lipinski definition) is 0. The Morgan fingerprint density at radius 1 is 1.03 bits per heavy atom. The van der Waals surface area contributed by atoms with Crippen molar-refractivity contribution in [3.8, 4) is 0 Å². The molecule has 30 heavy (non-hydrogen) atoms. The van der Waals surface area contributed by atoms with Crippen molar-refractivity contribution in [2.75, 3.05) is 6.61 Å². The zero-order chi connectivity index (χ0) is 21.3. The summed E-state index contributed by atoms with van der Waals surface area (Å²) in [5, 5.41) is 5.84. The first-order valence-electron chi connectivity index (χ1n) is 10.1. The first-order valence-corrected chi connectivity index (χ1v) is 10.1. The second-order valence-electron chi connectivity index (χ2n) is 8.80. The fourth-order valence-electron chi connectivity index (χ4n) is 4.49. The van der Waals surface area contributed by atoms with E-state index in [1.807, 2.05) is 44.2 Å². The van der Waals surface area contributed by atoms with Crippen LogP contribution in [0.5, 0.6) is 0 Å². The lowest BCUT2D eigenvalue weighted by atomic mass is 9.97. The van der Waals surface area contributed by atoms with Crippen LogP contribution in [0.25, 0.3) is 0 Å². The Bertz CT molecular complexity index is 887. The van der Waals surface area contributed by atoms with Gasteiger partial charge in [0.2, 0.25) is 11.8 Å². The van der Waals surface area contributed by atoms with Crippen molar-refractivity contribution in [3.63, 3.8) is 0 Å². The molecule has 0 bridgehead atoms. The van der Waals surface area contributed by atoms with Gasteiger partial charge < -0.3 is 28.4 Å². The normalized spacial score (nSPS) is 38.6. The second kappa shape index (κ2) is 6.48. The predicted octanol–water partition coefficient (Wildman–Crippen LogP) is 1.95. The first-order chi connectivity index (χ1) is 14.1. The molecule has 0 unspecified atom stereocenters. The summed E-state index contributed by atoms with van der Waals surface area (Å²) in [6.07, 6.45) is -2.71. The Balaban J connectivity index is 1.58. The van der Waals surface area contributed by atoms with E-state index < -0.39 is 41.9 Å². The summed E-state index contributed by atoms with van der Waals surface area (Å²) in [6, 6.07) is 9.39. The fourth-order valence-corrected chi connectivity index (χ4v) is 4.49. The summed E-state index contributed by atoms with van der Waals surface area (Å²) < 4.78 is 36.7. The molecule has 9 nitrogen and oxygen atoms in total. The SMILES string of the molecule is CC(=O)N1N=C(c2ccccc2)O[C@@]12[C@@H]([C@H]1COC(C)(C)O1)O[C@@H]1OC(C)(C)O[C@@H]12. The number of hydrogen-bond acceptors (Lipinski definition) is 8. The highest BCUT2D eigenvalue weighted by Gasteiger charge is 2.74. The van der Waals surface area contributed by atoms with Gasteiger partial charge in [-0.05, 0) is 39.8 Å². The van der Waals surface area contributed by atoms with Crippen molar-refractivity contribution in [3.05, 3.63) is 35.9 Å². The molecule has 3 fully saturated rings. The molecule has 4 aliphatic rings. The Morgan fingerprint density at radius 3 is 2.40 bits per heavy atom. The molecule has 0 aromatic heterocycles. The molecule has 1 aromatic carbocycles. The number of ether oxygens (including phenoxy) is 6. The van der Waals surface area contributed by atoms with Crippen LogP contribution in [0.3, 0.4) is 0 Å². The average molecular weight is 418 g/mol. The largest absolute Gasteiger partial charge is 0.441 e. The van der Waals surface area contributed by atoms with Gasteiger partial charge in [-0.3, -0.25) is 4.79 Å². The van der Waals surface area contributed by atoms with Crippen molar-refractivity contribution in [1.82, 2.24) is 5.01 Å². The average Bonchev–Trinajstić information content (AvgIpc) is 3.38. The zero-order valence-corrected chi connectivity index (χ0v) is 17.7. The van der Waals surface area contributed by atoms with Gasteiger partial charge in [-0.1, -0.05) is 18.2 Å². The van der Waals surface area contributed by atoms with E-state index in [1.165, 1.54) is 11.9 Å². The molecular weight excluding hydrogens is 392 g/mol. The van der Waals surface area contributed by atoms with E-state index in [0.29, 0.717) is 5.90 Å². The highest BCUT2D eigenvalue weighted by molar-refractivity contribution is 5.96. The van der Waals surface area contributed by atoms with E-state index in [0.717, 1.165) is 5.56 Å². The summed E-state index contributed by atoms with van der Waals surface area (Å²) in [5.74, 6) is -1.68. The van der Waals surface area contributed by atoms with Gasteiger partial charge in [0.05, 0.1) is 6.61 Å². The molecule has 1 aromatic rings. The van der Waals surface area contributed by atoms with Gasteiger partial charge >= 0.3 is 0 Å². The third kappa shape index (κ3) is 2.96. The van der Waals surface area contributed by atoms with Crippen LogP contribution in [-0.4, -0.2) is 65.3 Å². The van der Waals surface area contributed by atoms with Crippen LogP contribution in [0.4, 0.5) is 0 Å². The molecule has 3 saturated heterocycles. The predicted molar refractivity (Wildman–Crippen MR) is 103 cm³/mol. The number of carbonyl (C=O) groups excluding carboxylic acids is 1. The van der Waals surface area contributed by atoms with Crippen LogP contribution in [0.2, 0.25) is 0 Å². The molecule has 0 saturated carbocycles. The van der Waals surface area contributed by atoms with Crippen molar-refractivity contribution >= 4 is 11.8 Å².